The van der Waals surface area contributed by atoms with Crippen LogP contribution in [0.3, 0.4) is 0 Å². The van der Waals surface area contributed by atoms with E-state index in [4.69, 9.17) is 0 Å². The summed E-state index contributed by atoms with van der Waals surface area (Å²) in [5.74, 6) is 0. The van der Waals surface area contributed by atoms with Gasteiger partial charge in [0.25, 0.3) is 6.71 Å². The van der Waals surface area contributed by atoms with Crippen LogP contribution in [-0.4, -0.2) is 6.71 Å². The average molecular weight is 896 g/mol. The van der Waals surface area contributed by atoms with E-state index in [2.05, 4.69) is 261 Å². The van der Waals surface area contributed by atoms with Crippen LogP contribution in [0.4, 0.5) is 51.2 Å². The van der Waals surface area contributed by atoms with Gasteiger partial charge in [-0.15, -0.1) is 0 Å². The third-order valence-corrected chi connectivity index (χ3v) is 14.7. The maximum atomic E-state index is 2.66. The Balaban J connectivity index is 1.41. The van der Waals surface area contributed by atoms with Crippen LogP contribution >= 0.6 is 0 Å². The molecule has 0 radical (unpaired) electrons. The van der Waals surface area contributed by atoms with E-state index in [1.54, 1.807) is 0 Å². The molecule has 0 unspecified atom stereocenters. The summed E-state index contributed by atoms with van der Waals surface area (Å²) in [6.45, 7) is 41.6. The first-order chi connectivity index (χ1) is 31.7. The molecule has 3 nitrogen and oxygen atoms in total. The fourth-order valence-electron chi connectivity index (χ4n) is 11.2. The molecule has 2 heterocycles. The Kier molecular flexibility index (Phi) is 11.3. The lowest BCUT2D eigenvalue weighted by Crippen LogP contribution is -2.61. The molecule has 0 saturated carbocycles. The van der Waals surface area contributed by atoms with Crippen molar-refractivity contribution in [3.63, 3.8) is 0 Å². The van der Waals surface area contributed by atoms with Gasteiger partial charge in [-0.2, -0.15) is 0 Å². The number of hydrogen-bond donors (Lipinski definition) is 0. The van der Waals surface area contributed by atoms with E-state index < -0.39 is 0 Å². The smallest absolute Gasteiger partial charge is 0.252 e. The van der Waals surface area contributed by atoms with Crippen molar-refractivity contribution in [1.29, 1.82) is 0 Å². The number of rotatable bonds is 5. The van der Waals surface area contributed by atoms with Crippen molar-refractivity contribution in [3.8, 4) is 0 Å². The van der Waals surface area contributed by atoms with E-state index in [1.807, 2.05) is 0 Å². The van der Waals surface area contributed by atoms with Crippen molar-refractivity contribution in [3.05, 3.63) is 177 Å². The van der Waals surface area contributed by atoms with E-state index in [0.717, 1.165) is 17.1 Å². The minimum absolute atomic E-state index is 0.00872. The highest BCUT2D eigenvalue weighted by Crippen LogP contribution is 2.50. The molecule has 0 aromatic heterocycles. The van der Waals surface area contributed by atoms with Crippen molar-refractivity contribution < 1.29 is 0 Å². The highest BCUT2D eigenvalue weighted by molar-refractivity contribution is 7.00. The number of anilines is 9. The van der Waals surface area contributed by atoms with Gasteiger partial charge in [-0.05, 0) is 179 Å². The summed E-state index contributed by atoms with van der Waals surface area (Å²) in [5.41, 5.74) is 27.9. The summed E-state index contributed by atoms with van der Waals surface area (Å²) < 4.78 is 0. The summed E-state index contributed by atoms with van der Waals surface area (Å²) in [4.78, 5) is 7.76. The number of benzene rings is 7. The van der Waals surface area contributed by atoms with Crippen LogP contribution in [0.1, 0.15) is 139 Å². The molecule has 0 saturated heterocycles. The van der Waals surface area contributed by atoms with Crippen molar-refractivity contribution in [2.75, 3.05) is 14.7 Å². The second kappa shape index (κ2) is 16.3. The summed E-state index contributed by atoms with van der Waals surface area (Å²) >= 11 is 0. The van der Waals surface area contributed by atoms with Crippen LogP contribution in [0.15, 0.2) is 121 Å². The van der Waals surface area contributed by atoms with Gasteiger partial charge in [0.05, 0.1) is 11.4 Å². The number of fused-ring (bicyclic) bond motifs is 4. The van der Waals surface area contributed by atoms with E-state index >= 15 is 0 Å². The monoisotopic (exact) mass is 896 g/mol. The summed E-state index contributed by atoms with van der Waals surface area (Å²) in [6.07, 6.45) is 0. The predicted octanol–water partition coefficient (Wildman–Crippen LogP) is 16.3. The van der Waals surface area contributed by atoms with Crippen molar-refractivity contribution >= 4 is 74.3 Å². The maximum Gasteiger partial charge on any atom is 0.252 e. The molecule has 4 heteroatoms. The minimum atomic E-state index is -0.124. The number of aryl methyl sites for hydroxylation is 6. The quantitative estimate of drug-likeness (QED) is 0.159. The van der Waals surface area contributed by atoms with Gasteiger partial charge >= 0.3 is 0 Å². The van der Waals surface area contributed by atoms with Gasteiger partial charge in [-0.1, -0.05) is 161 Å². The lowest BCUT2D eigenvalue weighted by Gasteiger charge is -2.46. The second-order valence-corrected chi connectivity index (χ2v) is 24.5. The van der Waals surface area contributed by atoms with Gasteiger partial charge in [0.2, 0.25) is 0 Å². The van der Waals surface area contributed by atoms with Crippen LogP contribution in [0.5, 0.6) is 0 Å². The van der Waals surface area contributed by atoms with Crippen molar-refractivity contribution in [2.45, 2.75) is 146 Å². The molecule has 7 aromatic rings. The molecule has 0 atom stereocenters. The van der Waals surface area contributed by atoms with E-state index in [0.29, 0.717) is 0 Å². The minimum Gasteiger partial charge on any atom is -0.311 e. The highest BCUT2D eigenvalue weighted by Gasteiger charge is 2.45. The lowest BCUT2D eigenvalue weighted by molar-refractivity contribution is 0.590. The van der Waals surface area contributed by atoms with Crippen LogP contribution in [0.2, 0.25) is 0 Å². The Hall–Kier alpha value is -6.00. The zero-order valence-corrected chi connectivity index (χ0v) is 44.5. The van der Waals surface area contributed by atoms with Gasteiger partial charge in [0.15, 0.2) is 0 Å². The first-order valence-electron chi connectivity index (χ1n) is 25.0. The standard InChI is InChI=1S/C64H74BN3/c1-39-31-41(3)59(42(4)32-39)67-54-30-23-47(63(13,14)15)35-53(54)65-52-29-28-51(66(49-24-19-45(20-25-49)61(7,8)9)50-26-21-46(22-27-50)62(10,11)12)38-55(52)68(60-43(5)33-40(2)34-44(60)6)57-37-48(64(16,17)18)36-56(67)58(57)65/h19-38H,1-18H3. The number of hydrogen-bond acceptors (Lipinski definition) is 3. The largest absolute Gasteiger partial charge is 0.311 e. The highest BCUT2D eigenvalue weighted by atomic mass is 15.2. The molecule has 0 spiro atoms. The molecule has 2 aliphatic rings. The summed E-state index contributed by atoms with van der Waals surface area (Å²) in [7, 11) is 0. The van der Waals surface area contributed by atoms with Crippen LogP contribution in [-0.2, 0) is 21.7 Å². The van der Waals surface area contributed by atoms with Crippen LogP contribution in [0, 0.1) is 41.5 Å². The topological polar surface area (TPSA) is 9.72 Å². The Bertz CT molecular complexity index is 3000. The van der Waals surface area contributed by atoms with Gasteiger partial charge in [-0.3, -0.25) is 0 Å². The molecule has 348 valence electrons. The fourth-order valence-corrected chi connectivity index (χ4v) is 11.2. The molecule has 0 aliphatic carbocycles. The molecule has 0 N–H and O–H groups in total. The van der Waals surface area contributed by atoms with E-state index in [-0.39, 0.29) is 28.4 Å². The second-order valence-electron chi connectivity index (χ2n) is 24.5. The molecule has 2 aliphatic heterocycles. The molecule has 0 amide bonds. The average Bonchev–Trinajstić information content (AvgIpc) is 3.23. The lowest BCUT2D eigenvalue weighted by atomic mass is 9.33. The van der Waals surface area contributed by atoms with Crippen molar-refractivity contribution in [2.24, 2.45) is 0 Å². The zero-order chi connectivity index (χ0) is 49.2. The Labute approximate surface area is 410 Å². The third-order valence-electron chi connectivity index (χ3n) is 14.7. The Morgan fingerprint density at radius 3 is 1.13 bits per heavy atom. The van der Waals surface area contributed by atoms with Crippen LogP contribution < -0.4 is 31.1 Å². The zero-order valence-electron chi connectivity index (χ0n) is 44.5. The molecule has 68 heavy (non-hydrogen) atoms. The maximum absolute atomic E-state index is 2.66. The summed E-state index contributed by atoms with van der Waals surface area (Å²) in [5, 5.41) is 0. The van der Waals surface area contributed by atoms with Gasteiger partial charge in [0.1, 0.15) is 0 Å². The molecular weight excluding hydrogens is 822 g/mol. The van der Waals surface area contributed by atoms with E-state index in [1.165, 1.54) is 106 Å². The van der Waals surface area contributed by atoms with Crippen molar-refractivity contribution in [1.82, 2.24) is 0 Å². The van der Waals surface area contributed by atoms with Gasteiger partial charge < -0.3 is 14.7 Å². The number of nitrogens with zero attached hydrogens (tertiary/aromatic N) is 3. The third kappa shape index (κ3) is 8.16. The van der Waals surface area contributed by atoms with E-state index in [9.17, 15) is 0 Å². The van der Waals surface area contributed by atoms with Gasteiger partial charge in [-0.25, -0.2) is 0 Å². The SMILES string of the molecule is Cc1cc(C)c(N2c3ccc(C(C)(C)C)cc3B3c4ccc(N(c5ccc(C(C)(C)C)cc5)c5ccc(C(C)(C)C)cc5)cc4N(c4c(C)cc(C)cc4C)c4cc(C(C)(C)C)cc2c43)c(C)c1. The first kappa shape index (κ1) is 47.1. The molecule has 9 rings (SSSR count). The molecule has 0 fully saturated rings. The Morgan fingerprint density at radius 2 is 0.721 bits per heavy atom. The Morgan fingerprint density at radius 1 is 0.338 bits per heavy atom. The predicted molar refractivity (Wildman–Crippen MR) is 298 cm³/mol. The molecule has 7 aromatic carbocycles. The first-order valence-corrected chi connectivity index (χ1v) is 25.0. The van der Waals surface area contributed by atoms with Crippen LogP contribution in [0.25, 0.3) is 0 Å². The summed E-state index contributed by atoms with van der Waals surface area (Å²) in [6, 6.07) is 47.8. The fraction of sp³-hybridized carbons (Fsp3) is 0.344. The molecular formula is C64H74BN3. The molecule has 0 bridgehead atoms. The van der Waals surface area contributed by atoms with Gasteiger partial charge in [0, 0.05) is 39.8 Å². The normalized spacial score (nSPS) is 13.6.